The van der Waals surface area contributed by atoms with Crippen molar-refractivity contribution in [2.75, 3.05) is 0 Å². The average molecular weight is 296 g/mol. The van der Waals surface area contributed by atoms with Crippen molar-refractivity contribution < 1.29 is 0 Å². The zero-order valence-electron chi connectivity index (χ0n) is 11.4. The Kier molecular flexibility index (Phi) is 4.88. The van der Waals surface area contributed by atoms with Crippen molar-refractivity contribution in [3.8, 4) is 0 Å². The molecule has 1 aromatic carbocycles. The van der Waals surface area contributed by atoms with Crippen LogP contribution in [0.2, 0.25) is 5.02 Å². The fraction of sp³-hybridized carbons (Fsp3) is 0.429. The van der Waals surface area contributed by atoms with Gasteiger partial charge in [-0.2, -0.15) is 0 Å². The van der Waals surface area contributed by atoms with Crippen LogP contribution < -0.4 is 0 Å². The fourth-order valence-electron chi connectivity index (χ4n) is 1.89. The third-order valence-corrected chi connectivity index (χ3v) is 4.28. The molecule has 0 atom stereocenters. The molecule has 0 aliphatic carbocycles. The number of hydrogen-bond donors (Lipinski definition) is 0. The summed E-state index contributed by atoms with van der Waals surface area (Å²) in [5.41, 5.74) is 1.13. The van der Waals surface area contributed by atoms with E-state index >= 15 is 0 Å². The van der Waals surface area contributed by atoms with Gasteiger partial charge in [0.05, 0.1) is 0 Å². The Hall–Kier alpha value is -1.00. The summed E-state index contributed by atoms with van der Waals surface area (Å²) in [4.78, 5) is 0. The summed E-state index contributed by atoms with van der Waals surface area (Å²) in [5.74, 6) is 2.25. The van der Waals surface area contributed by atoms with E-state index in [1.807, 2.05) is 24.3 Å². The lowest BCUT2D eigenvalue weighted by Crippen LogP contribution is -2.04. The maximum absolute atomic E-state index is 6.16. The van der Waals surface area contributed by atoms with Gasteiger partial charge in [-0.15, -0.1) is 10.2 Å². The van der Waals surface area contributed by atoms with Gasteiger partial charge < -0.3 is 4.57 Å². The van der Waals surface area contributed by atoms with Crippen LogP contribution in [0.1, 0.15) is 38.1 Å². The van der Waals surface area contributed by atoms with Crippen molar-refractivity contribution in [2.24, 2.45) is 0 Å². The SMILES string of the molecule is CCn1c(SCc2ccccc2Cl)nnc1C(C)C. The molecule has 0 aliphatic heterocycles. The standard InChI is InChI=1S/C14H18ClN3S/c1-4-18-13(10(2)3)16-17-14(18)19-9-11-7-5-6-8-12(11)15/h5-8,10H,4,9H2,1-3H3. The van der Waals surface area contributed by atoms with E-state index in [0.717, 1.165) is 33.9 Å². The molecular weight excluding hydrogens is 278 g/mol. The molecular formula is C14H18ClN3S. The molecule has 0 saturated carbocycles. The number of halogens is 1. The third-order valence-electron chi connectivity index (χ3n) is 2.89. The van der Waals surface area contributed by atoms with E-state index in [1.54, 1.807) is 11.8 Å². The highest BCUT2D eigenvalue weighted by atomic mass is 35.5. The zero-order chi connectivity index (χ0) is 13.8. The van der Waals surface area contributed by atoms with E-state index < -0.39 is 0 Å². The monoisotopic (exact) mass is 295 g/mol. The number of rotatable bonds is 5. The lowest BCUT2D eigenvalue weighted by molar-refractivity contribution is 0.613. The Morgan fingerprint density at radius 3 is 2.63 bits per heavy atom. The molecule has 0 bridgehead atoms. The maximum Gasteiger partial charge on any atom is 0.191 e. The molecule has 1 heterocycles. The van der Waals surface area contributed by atoms with Crippen LogP contribution in [-0.2, 0) is 12.3 Å². The van der Waals surface area contributed by atoms with Gasteiger partial charge in [0, 0.05) is 23.2 Å². The summed E-state index contributed by atoms with van der Waals surface area (Å²) in [5, 5.41) is 10.3. The van der Waals surface area contributed by atoms with Gasteiger partial charge in [0.25, 0.3) is 0 Å². The summed E-state index contributed by atoms with van der Waals surface area (Å²) in [7, 11) is 0. The molecule has 5 heteroatoms. The van der Waals surface area contributed by atoms with Crippen LogP contribution in [0.3, 0.4) is 0 Å². The van der Waals surface area contributed by atoms with Crippen molar-refractivity contribution in [3.05, 3.63) is 40.7 Å². The van der Waals surface area contributed by atoms with Gasteiger partial charge in [-0.3, -0.25) is 0 Å². The van der Waals surface area contributed by atoms with Crippen LogP contribution in [0.4, 0.5) is 0 Å². The van der Waals surface area contributed by atoms with Crippen LogP contribution in [0.25, 0.3) is 0 Å². The summed E-state index contributed by atoms with van der Waals surface area (Å²) in [6.07, 6.45) is 0. The number of thioether (sulfide) groups is 1. The summed E-state index contributed by atoms with van der Waals surface area (Å²) >= 11 is 7.85. The number of aromatic nitrogens is 3. The third kappa shape index (κ3) is 3.31. The fourth-order valence-corrected chi connectivity index (χ4v) is 3.18. The van der Waals surface area contributed by atoms with Gasteiger partial charge in [0.1, 0.15) is 5.82 Å². The minimum atomic E-state index is 0.391. The molecule has 3 nitrogen and oxygen atoms in total. The van der Waals surface area contributed by atoms with E-state index in [1.165, 1.54) is 0 Å². The molecule has 2 aromatic rings. The number of benzene rings is 1. The first-order valence-corrected chi connectivity index (χ1v) is 7.79. The second-order valence-corrected chi connectivity index (χ2v) is 5.97. The molecule has 0 spiro atoms. The lowest BCUT2D eigenvalue weighted by Gasteiger charge is -2.09. The van der Waals surface area contributed by atoms with Gasteiger partial charge >= 0.3 is 0 Å². The van der Waals surface area contributed by atoms with Crippen molar-refractivity contribution >= 4 is 23.4 Å². The second-order valence-electron chi connectivity index (χ2n) is 4.62. The second kappa shape index (κ2) is 6.44. The number of nitrogens with zero attached hydrogens (tertiary/aromatic N) is 3. The zero-order valence-corrected chi connectivity index (χ0v) is 13.0. The van der Waals surface area contributed by atoms with Crippen LogP contribution >= 0.6 is 23.4 Å². The van der Waals surface area contributed by atoms with Crippen molar-refractivity contribution in [1.29, 1.82) is 0 Å². The molecule has 0 amide bonds. The van der Waals surface area contributed by atoms with Crippen LogP contribution in [0, 0.1) is 0 Å². The predicted molar refractivity (Wildman–Crippen MR) is 80.8 cm³/mol. The highest BCUT2D eigenvalue weighted by Crippen LogP contribution is 2.27. The predicted octanol–water partition coefficient (Wildman–Crippen LogP) is 4.37. The smallest absolute Gasteiger partial charge is 0.191 e. The summed E-state index contributed by atoms with van der Waals surface area (Å²) in [6, 6.07) is 7.92. The first-order chi connectivity index (χ1) is 9.13. The van der Waals surface area contributed by atoms with Gasteiger partial charge in [-0.25, -0.2) is 0 Å². The van der Waals surface area contributed by atoms with E-state index in [2.05, 4.69) is 35.5 Å². The Morgan fingerprint density at radius 1 is 1.26 bits per heavy atom. The normalized spacial score (nSPS) is 11.2. The van der Waals surface area contributed by atoms with Crippen LogP contribution in [-0.4, -0.2) is 14.8 Å². The van der Waals surface area contributed by atoms with Gasteiger partial charge in [-0.05, 0) is 18.6 Å². The Morgan fingerprint density at radius 2 is 2.00 bits per heavy atom. The lowest BCUT2D eigenvalue weighted by atomic mass is 10.2. The van der Waals surface area contributed by atoms with E-state index in [9.17, 15) is 0 Å². The molecule has 102 valence electrons. The van der Waals surface area contributed by atoms with Crippen LogP contribution in [0.5, 0.6) is 0 Å². The Balaban J connectivity index is 2.14. The Labute approximate surface area is 123 Å². The Bertz CT molecular complexity index is 551. The molecule has 0 radical (unpaired) electrons. The molecule has 0 unspecified atom stereocenters. The first-order valence-electron chi connectivity index (χ1n) is 6.42. The van der Waals surface area contributed by atoms with Crippen LogP contribution in [0.15, 0.2) is 29.4 Å². The number of hydrogen-bond acceptors (Lipinski definition) is 3. The minimum Gasteiger partial charge on any atom is -0.306 e. The van der Waals surface area contributed by atoms with Gasteiger partial charge in [0.15, 0.2) is 5.16 Å². The van der Waals surface area contributed by atoms with Crippen molar-refractivity contribution in [3.63, 3.8) is 0 Å². The molecule has 0 saturated heterocycles. The topological polar surface area (TPSA) is 30.7 Å². The quantitative estimate of drug-likeness (QED) is 0.768. The maximum atomic E-state index is 6.16. The highest BCUT2D eigenvalue weighted by Gasteiger charge is 2.14. The molecule has 0 fully saturated rings. The average Bonchev–Trinajstić information content (AvgIpc) is 2.81. The van der Waals surface area contributed by atoms with E-state index in [0.29, 0.717) is 5.92 Å². The first kappa shape index (κ1) is 14.4. The van der Waals surface area contributed by atoms with Crippen molar-refractivity contribution in [1.82, 2.24) is 14.8 Å². The summed E-state index contributed by atoms with van der Waals surface area (Å²) < 4.78 is 2.17. The molecule has 19 heavy (non-hydrogen) atoms. The van der Waals surface area contributed by atoms with Gasteiger partial charge in [-0.1, -0.05) is 55.4 Å². The van der Waals surface area contributed by atoms with E-state index in [-0.39, 0.29) is 0 Å². The highest BCUT2D eigenvalue weighted by molar-refractivity contribution is 7.98. The molecule has 0 N–H and O–H groups in total. The van der Waals surface area contributed by atoms with E-state index in [4.69, 9.17) is 11.6 Å². The molecule has 1 aromatic heterocycles. The van der Waals surface area contributed by atoms with Gasteiger partial charge in [0.2, 0.25) is 0 Å². The largest absolute Gasteiger partial charge is 0.306 e. The van der Waals surface area contributed by atoms with Crippen molar-refractivity contribution in [2.45, 2.75) is 44.1 Å². The molecule has 2 rings (SSSR count). The minimum absolute atomic E-state index is 0.391. The summed E-state index contributed by atoms with van der Waals surface area (Å²) in [6.45, 7) is 7.29. The molecule has 0 aliphatic rings.